The van der Waals surface area contributed by atoms with Gasteiger partial charge in [-0.25, -0.2) is 0 Å². The van der Waals surface area contributed by atoms with E-state index in [-0.39, 0.29) is 12.0 Å². The molecule has 0 radical (unpaired) electrons. The lowest BCUT2D eigenvalue weighted by molar-refractivity contribution is -0.275. The van der Waals surface area contributed by atoms with Crippen molar-refractivity contribution in [2.24, 2.45) is 0 Å². The van der Waals surface area contributed by atoms with Crippen LogP contribution in [0, 0.1) is 0 Å². The summed E-state index contributed by atoms with van der Waals surface area (Å²) >= 11 is 0. The van der Waals surface area contributed by atoms with E-state index in [0.29, 0.717) is 26.2 Å². The highest BCUT2D eigenvalue weighted by molar-refractivity contribution is 5.36. The van der Waals surface area contributed by atoms with E-state index < -0.39 is 30.8 Å². The van der Waals surface area contributed by atoms with E-state index in [2.05, 4.69) is 10.1 Å². The van der Waals surface area contributed by atoms with Crippen molar-refractivity contribution in [1.29, 1.82) is 0 Å². The first kappa shape index (κ1) is 18.9. The van der Waals surface area contributed by atoms with Gasteiger partial charge in [-0.15, -0.1) is 13.2 Å². The van der Waals surface area contributed by atoms with Crippen molar-refractivity contribution in [2.45, 2.75) is 31.4 Å². The summed E-state index contributed by atoms with van der Waals surface area (Å²) in [6.07, 6.45) is -10.6. The predicted molar refractivity (Wildman–Crippen MR) is 75.6 cm³/mol. The maximum atomic E-state index is 12.6. The molecule has 0 saturated carbocycles. The molecular weight excluding hydrogens is 338 g/mol. The molecule has 0 aromatic heterocycles. The Balaban J connectivity index is 2.28. The first-order chi connectivity index (χ1) is 11.2. The summed E-state index contributed by atoms with van der Waals surface area (Å²) in [6, 6.07) is 4.60. The Kier molecular flexibility index (Phi) is 5.97. The number of para-hydroxylation sites is 1. The van der Waals surface area contributed by atoms with Gasteiger partial charge in [-0.1, -0.05) is 18.2 Å². The lowest BCUT2D eigenvalue weighted by Crippen LogP contribution is -2.45. The zero-order valence-corrected chi connectivity index (χ0v) is 12.8. The van der Waals surface area contributed by atoms with Crippen molar-refractivity contribution in [1.82, 2.24) is 10.2 Å². The third-order valence-corrected chi connectivity index (χ3v) is 3.80. The van der Waals surface area contributed by atoms with E-state index in [9.17, 15) is 26.3 Å². The summed E-state index contributed by atoms with van der Waals surface area (Å²) in [5.74, 6) is -0.448. The number of halogens is 6. The van der Waals surface area contributed by atoms with Gasteiger partial charge < -0.3 is 10.1 Å². The Labute approximate surface area is 135 Å². The Bertz CT molecular complexity index is 525. The highest BCUT2D eigenvalue weighted by atomic mass is 19.4. The minimum Gasteiger partial charge on any atom is -0.405 e. The second-order valence-electron chi connectivity index (χ2n) is 5.54. The van der Waals surface area contributed by atoms with Gasteiger partial charge in [0.1, 0.15) is 5.75 Å². The van der Waals surface area contributed by atoms with Crippen molar-refractivity contribution in [3.05, 3.63) is 29.8 Å². The van der Waals surface area contributed by atoms with Crippen LogP contribution in [0.25, 0.3) is 0 Å². The molecule has 1 aliphatic heterocycles. The van der Waals surface area contributed by atoms with Gasteiger partial charge in [-0.3, -0.25) is 4.90 Å². The normalized spacial score (nSPS) is 18.4. The van der Waals surface area contributed by atoms with E-state index in [0.717, 1.165) is 6.07 Å². The second kappa shape index (κ2) is 7.60. The predicted octanol–water partition coefficient (Wildman–Crippen LogP) is 3.87. The zero-order valence-electron chi connectivity index (χ0n) is 12.8. The topological polar surface area (TPSA) is 24.5 Å². The van der Waals surface area contributed by atoms with Crippen LogP contribution in [0.2, 0.25) is 0 Å². The van der Waals surface area contributed by atoms with Crippen LogP contribution in [-0.4, -0.2) is 43.6 Å². The molecule has 1 N–H and O–H groups in total. The second-order valence-corrected chi connectivity index (χ2v) is 5.54. The Morgan fingerprint density at radius 3 is 2.25 bits per heavy atom. The fourth-order valence-electron chi connectivity index (χ4n) is 2.80. The molecule has 1 atom stereocenters. The van der Waals surface area contributed by atoms with Crippen LogP contribution in [0.1, 0.15) is 24.4 Å². The van der Waals surface area contributed by atoms with Gasteiger partial charge in [-0.05, 0) is 12.5 Å². The summed E-state index contributed by atoms with van der Waals surface area (Å²) in [5.41, 5.74) is 0.126. The Morgan fingerprint density at radius 2 is 1.67 bits per heavy atom. The van der Waals surface area contributed by atoms with Gasteiger partial charge in [0.25, 0.3) is 0 Å². The molecule has 1 fully saturated rings. The number of hydrogen-bond donors (Lipinski definition) is 1. The van der Waals surface area contributed by atoms with Crippen molar-refractivity contribution in [2.75, 3.05) is 26.2 Å². The van der Waals surface area contributed by atoms with Crippen molar-refractivity contribution in [3.63, 3.8) is 0 Å². The molecule has 0 aliphatic carbocycles. The average Bonchev–Trinajstić information content (AvgIpc) is 2.47. The summed E-state index contributed by atoms with van der Waals surface area (Å²) in [7, 11) is 0. The lowest BCUT2D eigenvalue weighted by Gasteiger charge is -2.36. The van der Waals surface area contributed by atoms with Crippen molar-refractivity contribution < 1.29 is 31.1 Å². The summed E-state index contributed by atoms with van der Waals surface area (Å²) in [6.45, 7) is 2.07. The fraction of sp³-hybridized carbons (Fsp3) is 0.600. The standard InChI is InChI=1S/C15H18F6N2O/c16-14(17,18)6-5-12(23-9-7-22-8-10-23)11-3-1-2-4-13(11)24-15(19,20)21/h1-4,12,22H,5-10H2/t12-/m1/s1. The van der Waals surface area contributed by atoms with Gasteiger partial charge in [-0.2, -0.15) is 13.2 Å². The highest BCUT2D eigenvalue weighted by Crippen LogP contribution is 2.37. The molecule has 9 heteroatoms. The molecular formula is C15H18F6N2O. The number of alkyl halides is 6. The number of ether oxygens (including phenoxy) is 1. The quantitative estimate of drug-likeness (QED) is 0.811. The minimum absolute atomic E-state index is 0.126. The molecule has 0 bridgehead atoms. The van der Waals surface area contributed by atoms with Crippen LogP contribution in [0.15, 0.2) is 24.3 Å². The van der Waals surface area contributed by atoms with Gasteiger partial charge in [0.2, 0.25) is 0 Å². The van der Waals surface area contributed by atoms with Crippen LogP contribution in [0.5, 0.6) is 5.75 Å². The van der Waals surface area contributed by atoms with Crippen LogP contribution >= 0.6 is 0 Å². The summed E-state index contributed by atoms with van der Waals surface area (Å²) in [4.78, 5) is 1.76. The molecule has 1 saturated heterocycles. The summed E-state index contributed by atoms with van der Waals surface area (Å²) < 4.78 is 79.6. The molecule has 1 aromatic rings. The molecule has 136 valence electrons. The molecule has 0 amide bonds. The number of piperazine rings is 1. The number of nitrogens with one attached hydrogen (secondary N) is 1. The monoisotopic (exact) mass is 356 g/mol. The Hall–Kier alpha value is -1.48. The smallest absolute Gasteiger partial charge is 0.405 e. The molecule has 0 spiro atoms. The third kappa shape index (κ3) is 5.86. The largest absolute Gasteiger partial charge is 0.573 e. The summed E-state index contributed by atoms with van der Waals surface area (Å²) in [5, 5.41) is 3.07. The fourth-order valence-corrected chi connectivity index (χ4v) is 2.80. The molecule has 0 unspecified atom stereocenters. The molecule has 24 heavy (non-hydrogen) atoms. The van der Waals surface area contributed by atoms with Gasteiger partial charge >= 0.3 is 12.5 Å². The SMILES string of the molecule is FC(F)(F)CC[C@H](c1ccccc1OC(F)(F)F)N1CCNCC1. The molecule has 1 aromatic carbocycles. The van der Waals surface area contributed by atoms with E-state index in [1.54, 1.807) is 4.90 Å². The molecule has 1 aliphatic rings. The first-order valence-corrected chi connectivity index (χ1v) is 7.52. The van der Waals surface area contributed by atoms with E-state index >= 15 is 0 Å². The van der Waals surface area contributed by atoms with E-state index in [4.69, 9.17) is 0 Å². The molecule has 2 rings (SSSR count). The number of rotatable bonds is 5. The van der Waals surface area contributed by atoms with Crippen LogP contribution in [-0.2, 0) is 0 Å². The average molecular weight is 356 g/mol. The van der Waals surface area contributed by atoms with Crippen LogP contribution < -0.4 is 10.1 Å². The van der Waals surface area contributed by atoms with Crippen molar-refractivity contribution >= 4 is 0 Å². The van der Waals surface area contributed by atoms with Gasteiger partial charge in [0.15, 0.2) is 0 Å². The number of hydrogen-bond acceptors (Lipinski definition) is 3. The minimum atomic E-state index is -4.89. The molecule has 1 heterocycles. The van der Waals surface area contributed by atoms with Gasteiger partial charge in [0, 0.05) is 44.2 Å². The molecule has 3 nitrogen and oxygen atoms in total. The van der Waals surface area contributed by atoms with Crippen LogP contribution in [0.3, 0.4) is 0 Å². The number of nitrogens with zero attached hydrogens (tertiary/aromatic N) is 1. The maximum Gasteiger partial charge on any atom is 0.573 e. The number of benzene rings is 1. The maximum absolute atomic E-state index is 12.6. The van der Waals surface area contributed by atoms with Crippen molar-refractivity contribution in [3.8, 4) is 5.75 Å². The first-order valence-electron chi connectivity index (χ1n) is 7.52. The van der Waals surface area contributed by atoms with Crippen LogP contribution in [0.4, 0.5) is 26.3 Å². The lowest BCUT2D eigenvalue weighted by atomic mass is 9.98. The van der Waals surface area contributed by atoms with Gasteiger partial charge in [0.05, 0.1) is 0 Å². The Morgan fingerprint density at radius 1 is 1.04 bits per heavy atom. The van der Waals surface area contributed by atoms with E-state index in [1.165, 1.54) is 18.2 Å². The zero-order chi connectivity index (χ0) is 17.8. The highest BCUT2D eigenvalue weighted by Gasteiger charge is 2.35. The third-order valence-electron chi connectivity index (χ3n) is 3.80. The van der Waals surface area contributed by atoms with E-state index in [1.807, 2.05) is 0 Å².